The van der Waals surface area contributed by atoms with E-state index in [-0.39, 0.29) is 0 Å². The summed E-state index contributed by atoms with van der Waals surface area (Å²) in [6, 6.07) is 0. The summed E-state index contributed by atoms with van der Waals surface area (Å²) in [6.45, 7) is 5.97. The zero-order valence-corrected chi connectivity index (χ0v) is 11.9. The Kier molecular flexibility index (Phi) is 3.21. The Bertz CT molecular complexity index is 574. The van der Waals surface area contributed by atoms with E-state index in [2.05, 4.69) is 21.6 Å². The van der Waals surface area contributed by atoms with E-state index >= 15 is 0 Å². The first kappa shape index (κ1) is 12.5. The van der Waals surface area contributed by atoms with Gasteiger partial charge in [0.05, 0.1) is 5.69 Å². The molecule has 1 aliphatic carbocycles. The van der Waals surface area contributed by atoms with Crippen molar-refractivity contribution < 1.29 is 0 Å². The van der Waals surface area contributed by atoms with E-state index in [9.17, 15) is 0 Å². The van der Waals surface area contributed by atoms with Gasteiger partial charge in [-0.25, -0.2) is 9.67 Å². The number of anilines is 1. The molecule has 1 fully saturated rings. The van der Waals surface area contributed by atoms with Gasteiger partial charge in [0.25, 0.3) is 0 Å². The summed E-state index contributed by atoms with van der Waals surface area (Å²) in [5.41, 5.74) is 9.16. The lowest BCUT2D eigenvalue weighted by molar-refractivity contribution is 0.322. The molecule has 104 valence electrons. The quantitative estimate of drug-likeness (QED) is 0.924. The van der Waals surface area contributed by atoms with Crippen LogP contribution in [-0.2, 0) is 13.1 Å². The van der Waals surface area contributed by atoms with Gasteiger partial charge in [-0.1, -0.05) is 19.3 Å². The fourth-order valence-electron chi connectivity index (χ4n) is 3.27. The molecule has 0 atom stereocenters. The highest BCUT2D eigenvalue weighted by atomic mass is 15.4. The molecule has 0 amide bonds. The van der Waals surface area contributed by atoms with Crippen LogP contribution in [0.4, 0.5) is 5.95 Å². The van der Waals surface area contributed by atoms with Gasteiger partial charge in [-0.3, -0.25) is 4.57 Å². The first-order valence-corrected chi connectivity index (χ1v) is 7.39. The second-order valence-corrected chi connectivity index (χ2v) is 5.66. The zero-order chi connectivity index (χ0) is 13.4. The molecule has 0 saturated heterocycles. The van der Waals surface area contributed by atoms with Gasteiger partial charge in [-0.05, 0) is 32.6 Å². The van der Waals surface area contributed by atoms with E-state index < -0.39 is 0 Å². The molecular formula is C14H23N5. The maximum absolute atomic E-state index is 6.12. The summed E-state index contributed by atoms with van der Waals surface area (Å²) in [4.78, 5) is 4.50. The number of nitrogens with zero attached hydrogens (tertiary/aromatic N) is 4. The average Bonchev–Trinajstić information content (AvgIpc) is 2.90. The SMILES string of the molecule is CCn1nc(C)c2nc(N)n(CC3CCCCC3)c21. The molecule has 2 aromatic heterocycles. The Morgan fingerprint density at radius 2 is 2.00 bits per heavy atom. The van der Waals surface area contributed by atoms with E-state index in [4.69, 9.17) is 5.73 Å². The van der Waals surface area contributed by atoms with Crippen LogP contribution in [0, 0.1) is 12.8 Å². The standard InChI is InChI=1S/C14H23N5/c1-3-19-13-12(10(2)17-19)16-14(15)18(13)9-11-7-5-4-6-8-11/h11H,3-9H2,1-2H3,(H2,15,16). The molecule has 1 saturated carbocycles. The molecule has 0 unspecified atom stereocenters. The number of aromatic nitrogens is 4. The topological polar surface area (TPSA) is 61.7 Å². The largest absolute Gasteiger partial charge is 0.369 e. The number of rotatable bonds is 3. The van der Waals surface area contributed by atoms with E-state index in [1.54, 1.807) is 0 Å². The number of imidazole rings is 1. The van der Waals surface area contributed by atoms with Crippen LogP contribution in [-0.4, -0.2) is 19.3 Å². The predicted molar refractivity (Wildman–Crippen MR) is 76.9 cm³/mol. The molecule has 1 aliphatic rings. The van der Waals surface area contributed by atoms with Crippen molar-refractivity contribution in [2.45, 2.75) is 59.0 Å². The third-order valence-electron chi connectivity index (χ3n) is 4.29. The van der Waals surface area contributed by atoms with Gasteiger partial charge < -0.3 is 5.73 Å². The Morgan fingerprint density at radius 1 is 1.26 bits per heavy atom. The van der Waals surface area contributed by atoms with E-state index in [0.717, 1.165) is 35.9 Å². The number of fused-ring (bicyclic) bond motifs is 1. The minimum absolute atomic E-state index is 0.642. The molecule has 2 N–H and O–H groups in total. The lowest BCUT2D eigenvalue weighted by Crippen LogP contribution is -2.17. The molecule has 5 heteroatoms. The second-order valence-electron chi connectivity index (χ2n) is 5.66. The predicted octanol–water partition coefficient (Wildman–Crippen LogP) is 2.72. The number of hydrogen-bond acceptors (Lipinski definition) is 3. The average molecular weight is 261 g/mol. The molecule has 0 spiro atoms. The third-order valence-corrected chi connectivity index (χ3v) is 4.29. The minimum Gasteiger partial charge on any atom is -0.369 e. The van der Waals surface area contributed by atoms with Crippen LogP contribution in [0.3, 0.4) is 0 Å². The fraction of sp³-hybridized carbons (Fsp3) is 0.714. The summed E-state index contributed by atoms with van der Waals surface area (Å²) in [5, 5.41) is 4.54. The number of hydrogen-bond donors (Lipinski definition) is 1. The molecule has 2 heterocycles. The number of nitrogens with two attached hydrogens (primary N) is 1. The van der Waals surface area contributed by atoms with Crippen molar-refractivity contribution in [3.8, 4) is 0 Å². The molecule has 0 bridgehead atoms. The van der Waals surface area contributed by atoms with Gasteiger partial charge in [0.15, 0.2) is 5.65 Å². The smallest absolute Gasteiger partial charge is 0.202 e. The molecule has 0 aromatic carbocycles. The highest BCUT2D eigenvalue weighted by Gasteiger charge is 2.20. The summed E-state index contributed by atoms with van der Waals surface area (Å²) < 4.78 is 4.20. The van der Waals surface area contributed by atoms with E-state index in [1.165, 1.54) is 32.1 Å². The summed E-state index contributed by atoms with van der Waals surface area (Å²) in [6.07, 6.45) is 6.73. The van der Waals surface area contributed by atoms with Crippen molar-refractivity contribution in [2.75, 3.05) is 5.73 Å². The lowest BCUT2D eigenvalue weighted by Gasteiger charge is -2.22. The van der Waals surface area contributed by atoms with Gasteiger partial charge in [0, 0.05) is 13.1 Å². The van der Waals surface area contributed by atoms with Gasteiger partial charge in [-0.2, -0.15) is 5.10 Å². The fourth-order valence-corrected chi connectivity index (χ4v) is 3.27. The molecule has 5 nitrogen and oxygen atoms in total. The molecule has 0 aliphatic heterocycles. The Labute approximate surface area is 113 Å². The highest BCUT2D eigenvalue weighted by Crippen LogP contribution is 2.28. The van der Waals surface area contributed by atoms with Crippen molar-refractivity contribution in [3.05, 3.63) is 5.69 Å². The van der Waals surface area contributed by atoms with Crippen molar-refractivity contribution in [3.63, 3.8) is 0 Å². The van der Waals surface area contributed by atoms with Gasteiger partial charge in [0.2, 0.25) is 5.95 Å². The highest BCUT2D eigenvalue weighted by molar-refractivity contribution is 5.77. The Balaban J connectivity index is 1.99. The number of aryl methyl sites for hydroxylation is 2. The summed E-state index contributed by atoms with van der Waals surface area (Å²) >= 11 is 0. The van der Waals surface area contributed by atoms with Crippen LogP contribution in [0.1, 0.15) is 44.7 Å². The molecular weight excluding hydrogens is 238 g/mol. The summed E-state index contributed by atoms with van der Waals surface area (Å²) in [7, 11) is 0. The minimum atomic E-state index is 0.642. The maximum atomic E-state index is 6.12. The van der Waals surface area contributed by atoms with E-state index in [0.29, 0.717) is 5.95 Å². The Morgan fingerprint density at radius 3 is 2.68 bits per heavy atom. The van der Waals surface area contributed by atoms with Crippen LogP contribution < -0.4 is 5.73 Å². The van der Waals surface area contributed by atoms with Crippen molar-refractivity contribution in [2.24, 2.45) is 5.92 Å². The van der Waals surface area contributed by atoms with Crippen molar-refractivity contribution >= 4 is 17.1 Å². The molecule has 3 rings (SSSR count). The van der Waals surface area contributed by atoms with Crippen LogP contribution in [0.15, 0.2) is 0 Å². The molecule has 0 radical (unpaired) electrons. The van der Waals surface area contributed by atoms with Gasteiger partial charge in [0.1, 0.15) is 5.52 Å². The van der Waals surface area contributed by atoms with Crippen LogP contribution in [0.25, 0.3) is 11.2 Å². The maximum Gasteiger partial charge on any atom is 0.202 e. The lowest BCUT2D eigenvalue weighted by atomic mass is 9.89. The van der Waals surface area contributed by atoms with Crippen molar-refractivity contribution in [1.29, 1.82) is 0 Å². The summed E-state index contributed by atoms with van der Waals surface area (Å²) in [5.74, 6) is 1.39. The first-order valence-electron chi connectivity index (χ1n) is 7.39. The van der Waals surface area contributed by atoms with Crippen LogP contribution in [0.2, 0.25) is 0 Å². The second kappa shape index (κ2) is 4.87. The monoisotopic (exact) mass is 261 g/mol. The van der Waals surface area contributed by atoms with Crippen LogP contribution in [0.5, 0.6) is 0 Å². The molecule has 2 aromatic rings. The van der Waals surface area contributed by atoms with Crippen molar-refractivity contribution in [1.82, 2.24) is 19.3 Å². The Hall–Kier alpha value is -1.52. The third kappa shape index (κ3) is 2.11. The van der Waals surface area contributed by atoms with E-state index in [1.807, 2.05) is 11.6 Å². The van der Waals surface area contributed by atoms with Crippen LogP contribution >= 0.6 is 0 Å². The normalized spacial score (nSPS) is 17.4. The molecule has 19 heavy (non-hydrogen) atoms. The van der Waals surface area contributed by atoms with Gasteiger partial charge >= 0.3 is 0 Å². The first-order chi connectivity index (χ1) is 9.20. The zero-order valence-electron chi connectivity index (χ0n) is 11.9. The number of nitrogen functional groups attached to an aromatic ring is 1. The van der Waals surface area contributed by atoms with Gasteiger partial charge in [-0.15, -0.1) is 0 Å².